The lowest BCUT2D eigenvalue weighted by atomic mass is 10.2. The molecule has 1 heterocycles. The summed E-state index contributed by atoms with van der Waals surface area (Å²) in [4.78, 5) is 2.44. The van der Waals surface area contributed by atoms with E-state index in [0.717, 1.165) is 25.6 Å². The molecule has 1 unspecified atom stereocenters. The minimum absolute atomic E-state index is 0.518. The third-order valence-corrected chi connectivity index (χ3v) is 2.90. The minimum atomic E-state index is 0.518. The van der Waals surface area contributed by atoms with Crippen molar-refractivity contribution in [2.24, 2.45) is 0 Å². The molecule has 1 saturated heterocycles. The van der Waals surface area contributed by atoms with E-state index in [-0.39, 0.29) is 0 Å². The Morgan fingerprint density at radius 3 is 2.79 bits per heavy atom. The number of alkyl halides is 1. The van der Waals surface area contributed by atoms with Crippen molar-refractivity contribution in [3.05, 3.63) is 0 Å². The van der Waals surface area contributed by atoms with Crippen LogP contribution in [0.1, 0.15) is 32.6 Å². The van der Waals surface area contributed by atoms with Gasteiger partial charge in [0.05, 0.1) is 6.10 Å². The molecule has 1 aliphatic rings. The highest BCUT2D eigenvalue weighted by molar-refractivity contribution is 6.18. The topological polar surface area (TPSA) is 12.5 Å². The largest absolute Gasteiger partial charge is 0.378 e. The standard InChI is InChI=1S/C11H22ClNO/c1-2-7-13(9-6-12)8-5-11-4-3-10-14-11/h11H,2-10H2,1H3. The van der Waals surface area contributed by atoms with Gasteiger partial charge in [0.15, 0.2) is 0 Å². The smallest absolute Gasteiger partial charge is 0.0588 e. The highest BCUT2D eigenvalue weighted by Gasteiger charge is 2.16. The molecule has 0 spiro atoms. The number of hydrogen-bond acceptors (Lipinski definition) is 2. The minimum Gasteiger partial charge on any atom is -0.378 e. The van der Waals surface area contributed by atoms with Crippen molar-refractivity contribution in [2.75, 3.05) is 32.1 Å². The highest BCUT2D eigenvalue weighted by atomic mass is 35.5. The lowest BCUT2D eigenvalue weighted by Crippen LogP contribution is -2.29. The van der Waals surface area contributed by atoms with Crippen LogP contribution >= 0.6 is 11.6 Å². The van der Waals surface area contributed by atoms with E-state index in [1.165, 1.54) is 32.2 Å². The van der Waals surface area contributed by atoms with Crippen LogP contribution in [0.2, 0.25) is 0 Å². The molecule has 0 bridgehead atoms. The van der Waals surface area contributed by atoms with E-state index in [0.29, 0.717) is 6.10 Å². The van der Waals surface area contributed by atoms with Gasteiger partial charge in [0, 0.05) is 25.6 Å². The van der Waals surface area contributed by atoms with Crippen LogP contribution in [-0.4, -0.2) is 43.1 Å². The highest BCUT2D eigenvalue weighted by Crippen LogP contribution is 2.15. The number of ether oxygens (including phenoxy) is 1. The summed E-state index contributed by atoms with van der Waals surface area (Å²) < 4.78 is 5.60. The van der Waals surface area contributed by atoms with Gasteiger partial charge in [-0.3, -0.25) is 0 Å². The molecule has 0 radical (unpaired) electrons. The fraction of sp³-hybridized carbons (Fsp3) is 1.00. The van der Waals surface area contributed by atoms with Crippen molar-refractivity contribution >= 4 is 11.6 Å². The molecule has 0 aliphatic carbocycles. The van der Waals surface area contributed by atoms with Crippen LogP contribution in [0.5, 0.6) is 0 Å². The Kier molecular flexibility index (Phi) is 6.57. The van der Waals surface area contributed by atoms with E-state index in [9.17, 15) is 0 Å². The maximum Gasteiger partial charge on any atom is 0.0588 e. The third kappa shape index (κ3) is 4.63. The molecule has 1 fully saturated rings. The molecule has 1 aliphatic heterocycles. The van der Waals surface area contributed by atoms with Gasteiger partial charge in [0.2, 0.25) is 0 Å². The summed E-state index contributed by atoms with van der Waals surface area (Å²) in [6.07, 6.45) is 5.40. The van der Waals surface area contributed by atoms with E-state index in [1.807, 2.05) is 0 Å². The van der Waals surface area contributed by atoms with Crippen molar-refractivity contribution in [3.63, 3.8) is 0 Å². The first-order chi connectivity index (χ1) is 6.86. The summed E-state index contributed by atoms with van der Waals surface area (Å²) in [6.45, 7) is 6.51. The molecule has 0 amide bonds. The van der Waals surface area contributed by atoms with Crippen LogP contribution in [0.15, 0.2) is 0 Å². The van der Waals surface area contributed by atoms with Gasteiger partial charge in [-0.2, -0.15) is 0 Å². The van der Waals surface area contributed by atoms with E-state index in [1.54, 1.807) is 0 Å². The Morgan fingerprint density at radius 1 is 1.36 bits per heavy atom. The van der Waals surface area contributed by atoms with Crippen molar-refractivity contribution in [2.45, 2.75) is 38.7 Å². The van der Waals surface area contributed by atoms with E-state index < -0.39 is 0 Å². The lowest BCUT2D eigenvalue weighted by molar-refractivity contribution is 0.0927. The molecule has 0 saturated carbocycles. The van der Waals surface area contributed by atoms with Gasteiger partial charge in [-0.05, 0) is 32.2 Å². The van der Waals surface area contributed by atoms with Gasteiger partial charge >= 0.3 is 0 Å². The molecule has 0 aromatic heterocycles. The molecular weight excluding hydrogens is 198 g/mol. The van der Waals surface area contributed by atoms with Gasteiger partial charge in [-0.15, -0.1) is 11.6 Å². The van der Waals surface area contributed by atoms with E-state index >= 15 is 0 Å². The zero-order valence-corrected chi connectivity index (χ0v) is 9.93. The second kappa shape index (κ2) is 7.49. The third-order valence-electron chi connectivity index (χ3n) is 2.73. The van der Waals surface area contributed by atoms with Crippen molar-refractivity contribution in [1.82, 2.24) is 4.90 Å². The second-order valence-electron chi connectivity index (χ2n) is 3.95. The van der Waals surface area contributed by atoms with Gasteiger partial charge in [-0.25, -0.2) is 0 Å². The summed E-state index contributed by atoms with van der Waals surface area (Å²) >= 11 is 5.75. The summed E-state index contributed by atoms with van der Waals surface area (Å²) in [5.41, 5.74) is 0. The van der Waals surface area contributed by atoms with Crippen LogP contribution in [0.4, 0.5) is 0 Å². The molecule has 2 nitrogen and oxygen atoms in total. The van der Waals surface area contributed by atoms with Gasteiger partial charge in [-0.1, -0.05) is 6.92 Å². The number of halogens is 1. The van der Waals surface area contributed by atoms with Gasteiger partial charge < -0.3 is 9.64 Å². The maximum atomic E-state index is 5.75. The Morgan fingerprint density at radius 2 is 2.21 bits per heavy atom. The van der Waals surface area contributed by atoms with Gasteiger partial charge in [0.1, 0.15) is 0 Å². The normalized spacial score (nSPS) is 22.1. The fourth-order valence-corrected chi connectivity index (χ4v) is 2.21. The van der Waals surface area contributed by atoms with Crippen LogP contribution < -0.4 is 0 Å². The average Bonchev–Trinajstić information content (AvgIpc) is 2.67. The molecule has 14 heavy (non-hydrogen) atoms. The summed E-state index contributed by atoms with van der Waals surface area (Å²) in [5.74, 6) is 0.742. The van der Waals surface area contributed by atoms with Crippen LogP contribution in [0, 0.1) is 0 Å². The first kappa shape index (κ1) is 12.3. The quantitative estimate of drug-likeness (QED) is 0.611. The van der Waals surface area contributed by atoms with Crippen LogP contribution in [0.25, 0.3) is 0 Å². The molecule has 0 aromatic rings. The van der Waals surface area contributed by atoms with Crippen molar-refractivity contribution in [1.29, 1.82) is 0 Å². The first-order valence-electron chi connectivity index (χ1n) is 5.76. The molecule has 3 heteroatoms. The molecule has 1 atom stereocenters. The fourth-order valence-electron chi connectivity index (χ4n) is 1.97. The number of rotatable bonds is 7. The van der Waals surface area contributed by atoms with Crippen LogP contribution in [-0.2, 0) is 4.74 Å². The Hall–Kier alpha value is 0.210. The monoisotopic (exact) mass is 219 g/mol. The van der Waals surface area contributed by atoms with Crippen molar-refractivity contribution in [3.8, 4) is 0 Å². The predicted octanol–water partition coefficient (Wildman–Crippen LogP) is 2.51. The Bertz CT molecular complexity index is 131. The lowest BCUT2D eigenvalue weighted by Gasteiger charge is -2.21. The predicted molar refractivity (Wildman–Crippen MR) is 61.0 cm³/mol. The molecule has 1 rings (SSSR count). The van der Waals surface area contributed by atoms with Crippen molar-refractivity contribution < 1.29 is 4.74 Å². The average molecular weight is 220 g/mol. The Balaban J connectivity index is 2.10. The SMILES string of the molecule is CCCN(CCCl)CCC1CCCO1. The van der Waals surface area contributed by atoms with E-state index in [4.69, 9.17) is 16.3 Å². The summed E-state index contributed by atoms with van der Waals surface area (Å²) in [6, 6.07) is 0. The zero-order valence-electron chi connectivity index (χ0n) is 9.17. The summed E-state index contributed by atoms with van der Waals surface area (Å²) in [7, 11) is 0. The maximum absolute atomic E-state index is 5.75. The van der Waals surface area contributed by atoms with Gasteiger partial charge in [0.25, 0.3) is 0 Å². The number of nitrogens with zero attached hydrogens (tertiary/aromatic N) is 1. The molecular formula is C11H22ClNO. The van der Waals surface area contributed by atoms with Crippen LogP contribution in [0.3, 0.4) is 0 Å². The molecule has 0 aromatic carbocycles. The summed E-state index contributed by atoms with van der Waals surface area (Å²) in [5, 5.41) is 0. The van der Waals surface area contributed by atoms with E-state index in [2.05, 4.69) is 11.8 Å². The molecule has 0 N–H and O–H groups in total. The number of hydrogen-bond donors (Lipinski definition) is 0. The zero-order chi connectivity index (χ0) is 10.2. The molecule has 84 valence electrons. The Labute approximate surface area is 92.6 Å². The first-order valence-corrected chi connectivity index (χ1v) is 6.30. The second-order valence-corrected chi connectivity index (χ2v) is 4.33.